The van der Waals surface area contributed by atoms with Crippen LogP contribution in [0.15, 0.2) is 30.3 Å². The molecule has 1 aromatic carbocycles. The number of nitrogens with zero attached hydrogens (tertiary/aromatic N) is 3. The van der Waals surface area contributed by atoms with E-state index >= 15 is 0 Å². The lowest BCUT2D eigenvalue weighted by Gasteiger charge is -2.34. The van der Waals surface area contributed by atoms with Gasteiger partial charge >= 0.3 is 0 Å². The summed E-state index contributed by atoms with van der Waals surface area (Å²) in [5.41, 5.74) is 0. The first-order valence-electron chi connectivity index (χ1n) is 9.12. The minimum absolute atomic E-state index is 0.197. The van der Waals surface area contributed by atoms with Gasteiger partial charge in [0.25, 0.3) is 0 Å². The largest absolute Gasteiger partial charge is 0.486 e. The minimum atomic E-state index is -2.82. The van der Waals surface area contributed by atoms with Crippen molar-refractivity contribution >= 4 is 9.84 Å². The van der Waals surface area contributed by atoms with Gasteiger partial charge in [0.05, 0.1) is 11.5 Å². The highest BCUT2D eigenvalue weighted by molar-refractivity contribution is 7.91. The molecule has 8 heteroatoms. The van der Waals surface area contributed by atoms with Crippen LogP contribution in [0, 0.1) is 0 Å². The fourth-order valence-corrected chi connectivity index (χ4v) is 5.57. The zero-order valence-corrected chi connectivity index (χ0v) is 15.5. The first-order valence-corrected chi connectivity index (χ1v) is 10.9. The molecule has 2 aliphatic rings. The molecular formula is C18H24N4O3S. The molecule has 1 aromatic heterocycles. The van der Waals surface area contributed by atoms with E-state index in [1.54, 1.807) is 0 Å². The van der Waals surface area contributed by atoms with Crippen LogP contribution in [-0.4, -0.2) is 59.1 Å². The van der Waals surface area contributed by atoms with Crippen LogP contribution < -0.4 is 4.74 Å². The topological polar surface area (TPSA) is 88.2 Å². The third kappa shape index (κ3) is 4.07. The van der Waals surface area contributed by atoms with E-state index in [2.05, 4.69) is 20.1 Å². The number of hydrogen-bond donors (Lipinski definition) is 1. The maximum absolute atomic E-state index is 11.7. The Hall–Kier alpha value is -1.93. The lowest BCUT2D eigenvalue weighted by atomic mass is 9.95. The summed E-state index contributed by atoms with van der Waals surface area (Å²) in [6, 6.07) is 9.84. The molecule has 26 heavy (non-hydrogen) atoms. The predicted octanol–water partition coefficient (Wildman–Crippen LogP) is 1.75. The summed E-state index contributed by atoms with van der Waals surface area (Å²) in [5.74, 6) is 3.36. The van der Waals surface area contributed by atoms with Crippen LogP contribution >= 0.6 is 0 Å². The van der Waals surface area contributed by atoms with Crippen LogP contribution in [0.3, 0.4) is 0 Å². The molecule has 2 aromatic rings. The summed E-state index contributed by atoms with van der Waals surface area (Å²) >= 11 is 0. The minimum Gasteiger partial charge on any atom is -0.486 e. The van der Waals surface area contributed by atoms with E-state index in [0.717, 1.165) is 49.8 Å². The van der Waals surface area contributed by atoms with E-state index in [9.17, 15) is 8.42 Å². The van der Waals surface area contributed by atoms with Crippen molar-refractivity contribution in [2.75, 3.05) is 24.6 Å². The molecular weight excluding hydrogens is 352 g/mol. The molecule has 3 heterocycles. The molecule has 4 rings (SSSR count). The second kappa shape index (κ2) is 7.36. The van der Waals surface area contributed by atoms with E-state index in [1.807, 2.05) is 30.3 Å². The Morgan fingerprint density at radius 3 is 2.62 bits per heavy atom. The van der Waals surface area contributed by atoms with Gasteiger partial charge < -0.3 is 4.74 Å². The maximum atomic E-state index is 11.7. The standard InChI is InChI=1S/C18H24N4O3S/c23-26(24)11-8-15(13-26)22-9-6-14(7-10-22)18-19-17(20-21-18)12-25-16-4-2-1-3-5-16/h1-5,14-15H,6-13H2,(H,19,20,21). The van der Waals surface area contributed by atoms with Crippen molar-refractivity contribution in [1.29, 1.82) is 0 Å². The molecule has 140 valence electrons. The number of hydrogen-bond acceptors (Lipinski definition) is 6. The Bertz CT molecular complexity index is 829. The van der Waals surface area contributed by atoms with E-state index in [1.165, 1.54) is 0 Å². The number of likely N-dealkylation sites (tertiary alicyclic amines) is 1. The number of aromatic amines is 1. The van der Waals surface area contributed by atoms with E-state index in [-0.39, 0.29) is 6.04 Å². The molecule has 0 bridgehead atoms. The Kier molecular flexibility index (Phi) is 4.95. The number of rotatable bonds is 5. The molecule has 7 nitrogen and oxygen atoms in total. The van der Waals surface area contributed by atoms with E-state index in [0.29, 0.717) is 24.0 Å². The monoisotopic (exact) mass is 376 g/mol. The lowest BCUT2D eigenvalue weighted by Crippen LogP contribution is -2.41. The molecule has 0 radical (unpaired) electrons. The van der Waals surface area contributed by atoms with Crippen LogP contribution in [-0.2, 0) is 16.4 Å². The first kappa shape index (κ1) is 17.5. The quantitative estimate of drug-likeness (QED) is 0.855. The maximum Gasteiger partial charge on any atom is 0.162 e. The number of benzene rings is 1. The Morgan fingerprint density at radius 1 is 1.15 bits per heavy atom. The predicted molar refractivity (Wildman–Crippen MR) is 97.8 cm³/mol. The molecule has 1 atom stereocenters. The van der Waals surface area contributed by atoms with Crippen molar-refractivity contribution in [2.24, 2.45) is 0 Å². The number of nitrogens with one attached hydrogen (secondary N) is 1. The smallest absolute Gasteiger partial charge is 0.162 e. The molecule has 2 fully saturated rings. The van der Waals surface area contributed by atoms with E-state index < -0.39 is 9.84 Å². The first-order chi connectivity index (χ1) is 12.6. The van der Waals surface area contributed by atoms with Crippen molar-refractivity contribution in [3.63, 3.8) is 0 Å². The third-order valence-electron chi connectivity index (χ3n) is 5.29. The second-order valence-electron chi connectivity index (χ2n) is 7.11. The zero-order chi connectivity index (χ0) is 18.0. The fourth-order valence-electron chi connectivity index (χ4n) is 3.81. The number of ether oxygens (including phenoxy) is 1. The molecule has 0 aliphatic carbocycles. The highest BCUT2D eigenvalue weighted by Gasteiger charge is 2.34. The molecule has 1 unspecified atom stereocenters. The van der Waals surface area contributed by atoms with Crippen LogP contribution in [0.5, 0.6) is 5.75 Å². The molecule has 2 aliphatic heterocycles. The lowest BCUT2D eigenvalue weighted by molar-refractivity contribution is 0.162. The van der Waals surface area contributed by atoms with Crippen LogP contribution in [0.25, 0.3) is 0 Å². The highest BCUT2D eigenvalue weighted by Crippen LogP contribution is 2.29. The van der Waals surface area contributed by atoms with Gasteiger partial charge in [-0.1, -0.05) is 18.2 Å². The molecule has 1 N–H and O–H groups in total. The molecule has 0 saturated carbocycles. The van der Waals surface area contributed by atoms with Gasteiger partial charge in [-0.2, -0.15) is 5.10 Å². The van der Waals surface area contributed by atoms with Crippen molar-refractivity contribution in [2.45, 2.75) is 37.8 Å². The van der Waals surface area contributed by atoms with Gasteiger partial charge in [0, 0.05) is 12.0 Å². The molecule has 0 spiro atoms. The van der Waals surface area contributed by atoms with Crippen molar-refractivity contribution in [1.82, 2.24) is 20.1 Å². The molecule has 0 amide bonds. The summed E-state index contributed by atoms with van der Waals surface area (Å²) in [5, 5.41) is 7.34. The Balaban J connectivity index is 1.29. The molecule has 2 saturated heterocycles. The number of sulfone groups is 1. The van der Waals surface area contributed by atoms with Gasteiger partial charge in [0.1, 0.15) is 12.4 Å². The zero-order valence-electron chi connectivity index (χ0n) is 14.7. The summed E-state index contributed by atoms with van der Waals surface area (Å²) in [7, 11) is -2.82. The SMILES string of the molecule is O=S1(=O)CCC(N2CCC(c3n[nH]c(COc4ccccc4)n3)CC2)C1. The van der Waals surface area contributed by atoms with Gasteiger partial charge in [-0.3, -0.25) is 10.00 Å². The third-order valence-corrected chi connectivity index (χ3v) is 7.04. The summed E-state index contributed by atoms with van der Waals surface area (Å²) < 4.78 is 29.0. The van der Waals surface area contributed by atoms with Crippen LogP contribution in [0.4, 0.5) is 0 Å². The summed E-state index contributed by atoms with van der Waals surface area (Å²) in [4.78, 5) is 6.92. The second-order valence-corrected chi connectivity index (χ2v) is 9.34. The van der Waals surface area contributed by atoms with Crippen molar-refractivity contribution in [3.05, 3.63) is 42.0 Å². The normalized spacial score (nSPS) is 23.9. The van der Waals surface area contributed by atoms with Crippen molar-refractivity contribution < 1.29 is 13.2 Å². The average molecular weight is 376 g/mol. The van der Waals surface area contributed by atoms with Crippen LogP contribution in [0.1, 0.15) is 36.8 Å². The highest BCUT2D eigenvalue weighted by atomic mass is 32.2. The fraction of sp³-hybridized carbons (Fsp3) is 0.556. The summed E-state index contributed by atoms with van der Waals surface area (Å²) in [6.45, 7) is 2.19. The Morgan fingerprint density at radius 2 is 1.92 bits per heavy atom. The van der Waals surface area contributed by atoms with Gasteiger partial charge in [0.15, 0.2) is 21.5 Å². The average Bonchev–Trinajstić information content (AvgIpc) is 3.27. The van der Waals surface area contributed by atoms with Crippen molar-refractivity contribution in [3.8, 4) is 5.75 Å². The van der Waals surface area contributed by atoms with Gasteiger partial charge in [-0.05, 0) is 44.5 Å². The van der Waals surface area contributed by atoms with Gasteiger partial charge in [-0.25, -0.2) is 13.4 Å². The van der Waals surface area contributed by atoms with Crippen LogP contribution in [0.2, 0.25) is 0 Å². The number of piperidine rings is 1. The number of aromatic nitrogens is 3. The number of H-pyrrole nitrogens is 1. The summed E-state index contributed by atoms with van der Waals surface area (Å²) in [6.07, 6.45) is 2.70. The van der Waals surface area contributed by atoms with Gasteiger partial charge in [0.2, 0.25) is 0 Å². The number of para-hydroxylation sites is 1. The van der Waals surface area contributed by atoms with E-state index in [4.69, 9.17) is 4.74 Å². The van der Waals surface area contributed by atoms with Gasteiger partial charge in [-0.15, -0.1) is 0 Å². The Labute approximate surface area is 153 Å².